The van der Waals surface area contributed by atoms with E-state index in [0.29, 0.717) is 37.6 Å². The van der Waals surface area contributed by atoms with Crippen LogP contribution < -0.4 is 4.74 Å². The standard InChI is InChI=1S/C20H26N2O4/c1-13(2)22-19(23)17(15-5-7-16(8-6-15)26-14(3)4)18(20(22)24)21-9-11-25-12-10-21/h5-8,13-14H,9-12H2,1-4H3. The van der Waals surface area contributed by atoms with Crippen LogP contribution in [0.2, 0.25) is 0 Å². The minimum atomic E-state index is -0.232. The first kappa shape index (κ1) is 18.5. The molecule has 0 N–H and O–H groups in total. The summed E-state index contributed by atoms with van der Waals surface area (Å²) in [5.41, 5.74) is 1.70. The Hall–Kier alpha value is -2.34. The summed E-state index contributed by atoms with van der Waals surface area (Å²) in [7, 11) is 0. The molecule has 2 amide bonds. The molecule has 6 nitrogen and oxygen atoms in total. The maximum absolute atomic E-state index is 13.0. The van der Waals surface area contributed by atoms with E-state index in [9.17, 15) is 9.59 Å². The molecule has 26 heavy (non-hydrogen) atoms. The van der Waals surface area contributed by atoms with Crippen LogP contribution in [0.3, 0.4) is 0 Å². The number of carbonyl (C=O) groups is 2. The van der Waals surface area contributed by atoms with E-state index < -0.39 is 0 Å². The van der Waals surface area contributed by atoms with Gasteiger partial charge in [0.05, 0.1) is 24.9 Å². The molecule has 0 radical (unpaired) electrons. The number of rotatable bonds is 5. The van der Waals surface area contributed by atoms with Crippen molar-refractivity contribution in [3.8, 4) is 5.75 Å². The maximum Gasteiger partial charge on any atom is 0.278 e. The first-order valence-corrected chi connectivity index (χ1v) is 9.12. The number of imide groups is 1. The summed E-state index contributed by atoms with van der Waals surface area (Å²) in [4.78, 5) is 29.3. The van der Waals surface area contributed by atoms with Crippen LogP contribution in [-0.2, 0) is 14.3 Å². The van der Waals surface area contributed by atoms with Crippen molar-refractivity contribution in [1.82, 2.24) is 9.80 Å². The third-order valence-corrected chi connectivity index (χ3v) is 4.45. The van der Waals surface area contributed by atoms with Gasteiger partial charge >= 0.3 is 0 Å². The van der Waals surface area contributed by atoms with Gasteiger partial charge in [0.2, 0.25) is 0 Å². The number of ether oxygens (including phenoxy) is 2. The van der Waals surface area contributed by atoms with Gasteiger partial charge < -0.3 is 14.4 Å². The molecule has 1 fully saturated rings. The molecule has 2 heterocycles. The van der Waals surface area contributed by atoms with Gasteiger partial charge in [0.1, 0.15) is 11.4 Å². The molecule has 0 bridgehead atoms. The molecule has 0 atom stereocenters. The molecule has 6 heteroatoms. The Morgan fingerprint density at radius 2 is 1.58 bits per heavy atom. The monoisotopic (exact) mass is 358 g/mol. The van der Waals surface area contributed by atoms with Gasteiger partial charge in [-0.2, -0.15) is 0 Å². The summed E-state index contributed by atoms with van der Waals surface area (Å²) < 4.78 is 11.1. The quantitative estimate of drug-likeness (QED) is 0.756. The van der Waals surface area contributed by atoms with Crippen molar-refractivity contribution in [3.05, 3.63) is 35.5 Å². The molecule has 0 spiro atoms. The number of hydrogen-bond acceptors (Lipinski definition) is 5. The van der Waals surface area contributed by atoms with Crippen molar-refractivity contribution >= 4 is 17.4 Å². The molecule has 0 aliphatic carbocycles. The lowest BCUT2D eigenvalue weighted by Crippen LogP contribution is -2.42. The second kappa shape index (κ2) is 7.50. The van der Waals surface area contributed by atoms with Crippen LogP contribution in [0.5, 0.6) is 5.75 Å². The Morgan fingerprint density at radius 1 is 0.962 bits per heavy atom. The number of carbonyl (C=O) groups excluding carboxylic acids is 2. The van der Waals surface area contributed by atoms with Gasteiger partial charge in [-0.1, -0.05) is 12.1 Å². The largest absolute Gasteiger partial charge is 0.491 e. The Kier molecular flexibility index (Phi) is 5.32. The summed E-state index contributed by atoms with van der Waals surface area (Å²) in [5.74, 6) is 0.295. The number of hydrogen-bond donors (Lipinski definition) is 0. The van der Waals surface area contributed by atoms with E-state index >= 15 is 0 Å². The van der Waals surface area contributed by atoms with E-state index in [-0.39, 0.29) is 24.0 Å². The molecule has 140 valence electrons. The van der Waals surface area contributed by atoms with Crippen LogP contribution in [0.4, 0.5) is 0 Å². The number of nitrogens with zero attached hydrogens (tertiary/aromatic N) is 2. The lowest BCUT2D eigenvalue weighted by Gasteiger charge is -2.30. The minimum Gasteiger partial charge on any atom is -0.491 e. The second-order valence-corrected chi connectivity index (χ2v) is 7.09. The molecule has 2 aliphatic heterocycles. The summed E-state index contributed by atoms with van der Waals surface area (Å²) >= 11 is 0. The number of amides is 2. The summed E-state index contributed by atoms with van der Waals surface area (Å²) in [6.07, 6.45) is 0.0788. The predicted octanol–water partition coefficient (Wildman–Crippen LogP) is 2.29. The van der Waals surface area contributed by atoms with Crippen LogP contribution in [0.1, 0.15) is 33.3 Å². The van der Waals surface area contributed by atoms with E-state index in [4.69, 9.17) is 9.47 Å². The SMILES string of the molecule is CC(C)Oc1ccc(C2=C(N3CCOCC3)C(=O)N(C(C)C)C2=O)cc1. The second-order valence-electron chi connectivity index (χ2n) is 7.09. The van der Waals surface area contributed by atoms with Gasteiger partial charge in [-0.05, 0) is 45.4 Å². The van der Waals surface area contributed by atoms with Gasteiger partial charge in [-0.15, -0.1) is 0 Å². The van der Waals surface area contributed by atoms with Crippen molar-refractivity contribution < 1.29 is 19.1 Å². The fourth-order valence-electron chi connectivity index (χ4n) is 3.32. The Labute approximate surface area is 154 Å². The Balaban J connectivity index is 2.01. The highest BCUT2D eigenvalue weighted by Gasteiger charge is 2.42. The normalized spacial score (nSPS) is 18.5. The zero-order chi connectivity index (χ0) is 18.8. The van der Waals surface area contributed by atoms with E-state index in [2.05, 4.69) is 0 Å². The zero-order valence-electron chi connectivity index (χ0n) is 15.8. The van der Waals surface area contributed by atoms with E-state index in [1.807, 2.05) is 56.9 Å². The molecule has 0 saturated carbocycles. The zero-order valence-corrected chi connectivity index (χ0v) is 15.8. The van der Waals surface area contributed by atoms with Crippen molar-refractivity contribution in [1.29, 1.82) is 0 Å². The molecule has 3 rings (SSSR count). The third kappa shape index (κ3) is 3.46. The van der Waals surface area contributed by atoms with Crippen molar-refractivity contribution in [3.63, 3.8) is 0 Å². The topological polar surface area (TPSA) is 59.1 Å². The highest BCUT2D eigenvalue weighted by Crippen LogP contribution is 2.33. The average molecular weight is 358 g/mol. The molecule has 0 unspecified atom stereocenters. The first-order valence-electron chi connectivity index (χ1n) is 9.12. The van der Waals surface area contributed by atoms with E-state index in [0.717, 1.165) is 11.3 Å². The Morgan fingerprint density at radius 3 is 2.12 bits per heavy atom. The molecule has 2 aliphatic rings. The lowest BCUT2D eigenvalue weighted by molar-refractivity contribution is -0.139. The van der Waals surface area contributed by atoms with Gasteiger partial charge in [0.15, 0.2) is 0 Å². The van der Waals surface area contributed by atoms with Crippen LogP contribution in [0, 0.1) is 0 Å². The average Bonchev–Trinajstić information content (AvgIpc) is 2.86. The van der Waals surface area contributed by atoms with Crippen LogP contribution in [0.25, 0.3) is 5.57 Å². The fraction of sp³-hybridized carbons (Fsp3) is 0.500. The summed E-state index contributed by atoms with van der Waals surface area (Å²) in [5, 5.41) is 0. The Bertz CT molecular complexity index is 716. The molecular weight excluding hydrogens is 332 g/mol. The third-order valence-electron chi connectivity index (χ3n) is 4.45. The molecule has 1 aromatic carbocycles. The van der Waals surface area contributed by atoms with Gasteiger partial charge in [0.25, 0.3) is 11.8 Å². The van der Waals surface area contributed by atoms with Crippen molar-refractivity contribution in [2.45, 2.75) is 39.8 Å². The van der Waals surface area contributed by atoms with Gasteiger partial charge in [-0.25, -0.2) is 0 Å². The smallest absolute Gasteiger partial charge is 0.278 e. The minimum absolute atomic E-state index is 0.0788. The lowest BCUT2D eigenvalue weighted by atomic mass is 10.0. The predicted molar refractivity (Wildman–Crippen MR) is 98.5 cm³/mol. The van der Waals surface area contributed by atoms with Crippen LogP contribution in [0.15, 0.2) is 30.0 Å². The van der Waals surface area contributed by atoms with Crippen molar-refractivity contribution in [2.75, 3.05) is 26.3 Å². The first-order chi connectivity index (χ1) is 12.4. The van der Waals surface area contributed by atoms with Crippen LogP contribution >= 0.6 is 0 Å². The summed E-state index contributed by atoms with van der Waals surface area (Å²) in [6, 6.07) is 7.20. The van der Waals surface area contributed by atoms with Gasteiger partial charge in [-0.3, -0.25) is 14.5 Å². The van der Waals surface area contributed by atoms with Crippen molar-refractivity contribution in [2.24, 2.45) is 0 Å². The van der Waals surface area contributed by atoms with E-state index in [1.165, 1.54) is 4.90 Å². The number of morpholine rings is 1. The molecule has 1 aromatic rings. The fourth-order valence-corrected chi connectivity index (χ4v) is 3.32. The highest BCUT2D eigenvalue weighted by molar-refractivity contribution is 6.35. The molecule has 1 saturated heterocycles. The summed E-state index contributed by atoms with van der Waals surface area (Å²) in [6.45, 7) is 9.97. The highest BCUT2D eigenvalue weighted by atomic mass is 16.5. The van der Waals surface area contributed by atoms with E-state index in [1.54, 1.807) is 0 Å². The number of benzene rings is 1. The van der Waals surface area contributed by atoms with Gasteiger partial charge in [0, 0.05) is 19.1 Å². The molecular formula is C20H26N2O4. The van der Waals surface area contributed by atoms with Crippen LogP contribution in [-0.4, -0.2) is 60.1 Å². The maximum atomic E-state index is 13.0. The molecule has 0 aromatic heterocycles.